The highest BCUT2D eigenvalue weighted by Crippen LogP contribution is 2.28. The van der Waals surface area contributed by atoms with Crippen LogP contribution in [-0.2, 0) is 9.59 Å². The number of amides is 2. The minimum absolute atomic E-state index is 0.00143. The Balaban J connectivity index is 1.38. The maximum Gasteiger partial charge on any atom is 0.228 e. The van der Waals surface area contributed by atoms with Gasteiger partial charge in [0, 0.05) is 51.0 Å². The number of carbonyl (C=O) groups is 2. The monoisotopic (exact) mass is 394 g/mol. The van der Waals surface area contributed by atoms with E-state index in [1.165, 1.54) is 0 Å². The summed E-state index contributed by atoms with van der Waals surface area (Å²) in [6.07, 6.45) is 2.96. The Morgan fingerprint density at radius 3 is 2.62 bits per heavy atom. The van der Waals surface area contributed by atoms with Crippen LogP contribution < -0.4 is 14.5 Å². The first kappa shape index (κ1) is 19.2. The second kappa shape index (κ2) is 8.51. The Labute approximate surface area is 170 Å². The number of benzene rings is 1. The molecule has 2 aromatic rings. The second-order valence-corrected chi connectivity index (χ2v) is 7.46. The van der Waals surface area contributed by atoms with Crippen molar-refractivity contribution in [2.45, 2.75) is 12.8 Å². The minimum atomic E-state index is -0.286. The molecule has 0 aliphatic carbocycles. The van der Waals surface area contributed by atoms with Crippen LogP contribution in [0.3, 0.4) is 0 Å². The molecule has 3 heterocycles. The van der Waals surface area contributed by atoms with Gasteiger partial charge in [0.25, 0.3) is 0 Å². The van der Waals surface area contributed by atoms with Crippen molar-refractivity contribution in [3.8, 4) is 5.75 Å². The van der Waals surface area contributed by atoms with Crippen molar-refractivity contribution in [2.75, 3.05) is 49.6 Å². The van der Waals surface area contributed by atoms with Gasteiger partial charge in [-0.25, -0.2) is 4.98 Å². The van der Waals surface area contributed by atoms with E-state index in [4.69, 9.17) is 4.74 Å². The molecule has 1 aromatic carbocycles. The molecule has 7 nitrogen and oxygen atoms in total. The summed E-state index contributed by atoms with van der Waals surface area (Å²) < 4.78 is 5.18. The van der Waals surface area contributed by atoms with E-state index in [0.29, 0.717) is 13.1 Å². The van der Waals surface area contributed by atoms with Crippen molar-refractivity contribution < 1.29 is 14.3 Å². The van der Waals surface area contributed by atoms with Gasteiger partial charge in [-0.05, 0) is 42.8 Å². The summed E-state index contributed by atoms with van der Waals surface area (Å²) in [5, 5.41) is 0. The molecular formula is C22H26N4O3. The van der Waals surface area contributed by atoms with E-state index < -0.39 is 0 Å². The summed E-state index contributed by atoms with van der Waals surface area (Å²) in [4.78, 5) is 35.9. The lowest BCUT2D eigenvalue weighted by molar-refractivity contribution is -0.135. The quantitative estimate of drug-likeness (QED) is 0.795. The lowest BCUT2D eigenvalue weighted by Gasteiger charge is -2.25. The second-order valence-electron chi connectivity index (χ2n) is 7.46. The Kier molecular flexibility index (Phi) is 5.64. The minimum Gasteiger partial charge on any atom is -0.497 e. The van der Waals surface area contributed by atoms with Crippen molar-refractivity contribution in [3.05, 3.63) is 48.7 Å². The van der Waals surface area contributed by atoms with Crippen LogP contribution in [0.1, 0.15) is 12.8 Å². The van der Waals surface area contributed by atoms with Gasteiger partial charge in [-0.2, -0.15) is 0 Å². The summed E-state index contributed by atoms with van der Waals surface area (Å²) in [5.74, 6) is 1.49. The summed E-state index contributed by atoms with van der Waals surface area (Å²) >= 11 is 0. The highest BCUT2D eigenvalue weighted by atomic mass is 16.5. The maximum atomic E-state index is 13.1. The molecule has 0 unspecified atom stereocenters. The highest BCUT2D eigenvalue weighted by molar-refractivity contribution is 6.00. The number of methoxy groups -OCH3 is 1. The van der Waals surface area contributed by atoms with E-state index in [1.807, 2.05) is 47.4 Å². The van der Waals surface area contributed by atoms with Crippen LogP contribution in [0.5, 0.6) is 5.75 Å². The molecule has 2 amide bonds. The van der Waals surface area contributed by atoms with Gasteiger partial charge >= 0.3 is 0 Å². The molecule has 4 rings (SSSR count). The summed E-state index contributed by atoms with van der Waals surface area (Å²) in [6.45, 7) is 3.44. The zero-order valence-electron chi connectivity index (χ0n) is 16.7. The van der Waals surface area contributed by atoms with Crippen molar-refractivity contribution >= 4 is 23.3 Å². The van der Waals surface area contributed by atoms with Crippen LogP contribution in [0.15, 0.2) is 48.7 Å². The number of ether oxygens (including phenoxy) is 1. The third-order valence-electron chi connectivity index (χ3n) is 5.64. The van der Waals surface area contributed by atoms with E-state index in [9.17, 15) is 9.59 Å². The van der Waals surface area contributed by atoms with Crippen molar-refractivity contribution in [1.29, 1.82) is 0 Å². The highest BCUT2D eigenvalue weighted by Gasteiger charge is 2.37. The van der Waals surface area contributed by atoms with Gasteiger partial charge in [-0.15, -0.1) is 0 Å². The van der Waals surface area contributed by atoms with Gasteiger partial charge in [0.1, 0.15) is 11.6 Å². The molecule has 1 aromatic heterocycles. The van der Waals surface area contributed by atoms with Crippen LogP contribution in [0.25, 0.3) is 0 Å². The SMILES string of the molecule is COc1ccc(N2C[C@@H](C(=O)N3CCCN(c4ccccn4)CC3)CC2=O)cc1. The predicted molar refractivity (Wildman–Crippen MR) is 111 cm³/mol. The lowest BCUT2D eigenvalue weighted by Crippen LogP contribution is -2.40. The number of pyridine rings is 1. The van der Waals surface area contributed by atoms with Gasteiger partial charge in [0.15, 0.2) is 0 Å². The molecule has 1 atom stereocenters. The first-order chi connectivity index (χ1) is 14.2. The molecular weight excluding hydrogens is 368 g/mol. The van der Waals surface area contributed by atoms with E-state index in [-0.39, 0.29) is 24.2 Å². The van der Waals surface area contributed by atoms with E-state index in [2.05, 4.69) is 9.88 Å². The summed E-state index contributed by atoms with van der Waals surface area (Å²) in [7, 11) is 1.61. The molecule has 0 N–H and O–H groups in total. The number of hydrogen-bond donors (Lipinski definition) is 0. The summed E-state index contributed by atoms with van der Waals surface area (Å²) in [5.41, 5.74) is 0.809. The normalized spacial score (nSPS) is 20.0. The van der Waals surface area contributed by atoms with Gasteiger partial charge in [-0.1, -0.05) is 6.07 Å². The lowest BCUT2D eigenvalue weighted by atomic mass is 10.1. The molecule has 29 heavy (non-hydrogen) atoms. The first-order valence-corrected chi connectivity index (χ1v) is 10.0. The van der Waals surface area contributed by atoms with Crippen LogP contribution in [0.2, 0.25) is 0 Å². The topological polar surface area (TPSA) is 66.0 Å². The van der Waals surface area contributed by atoms with Gasteiger partial charge < -0.3 is 19.4 Å². The fourth-order valence-electron chi connectivity index (χ4n) is 4.05. The fourth-order valence-corrected chi connectivity index (χ4v) is 4.05. The Hall–Kier alpha value is -3.09. The van der Waals surface area contributed by atoms with Crippen LogP contribution in [0, 0.1) is 5.92 Å². The molecule has 0 bridgehead atoms. The van der Waals surface area contributed by atoms with E-state index in [0.717, 1.165) is 43.3 Å². The summed E-state index contributed by atoms with van der Waals surface area (Å²) in [6, 6.07) is 13.3. The van der Waals surface area contributed by atoms with Crippen molar-refractivity contribution in [1.82, 2.24) is 9.88 Å². The zero-order chi connectivity index (χ0) is 20.2. The third-order valence-corrected chi connectivity index (χ3v) is 5.64. The van der Waals surface area contributed by atoms with Crippen LogP contribution in [-0.4, -0.2) is 61.5 Å². The standard InChI is InChI=1S/C22H26N4O3/c1-29-19-8-6-18(7-9-19)26-16-17(15-21(26)27)22(28)25-12-4-11-24(13-14-25)20-5-2-3-10-23-20/h2-3,5-10,17H,4,11-16H2,1H3/t17-/m0/s1. The number of aromatic nitrogens is 1. The third kappa shape index (κ3) is 4.18. The van der Waals surface area contributed by atoms with Crippen LogP contribution in [0.4, 0.5) is 11.5 Å². The van der Waals surface area contributed by atoms with E-state index in [1.54, 1.807) is 18.2 Å². The maximum absolute atomic E-state index is 13.1. The molecule has 152 valence electrons. The molecule has 0 saturated carbocycles. The largest absolute Gasteiger partial charge is 0.497 e. The number of anilines is 2. The first-order valence-electron chi connectivity index (χ1n) is 10.0. The van der Waals surface area contributed by atoms with Gasteiger partial charge in [0.2, 0.25) is 11.8 Å². The number of rotatable bonds is 4. The predicted octanol–water partition coefficient (Wildman–Crippen LogP) is 2.18. The molecule has 2 aliphatic heterocycles. The average Bonchev–Trinajstić information content (AvgIpc) is 2.99. The Morgan fingerprint density at radius 1 is 1.07 bits per heavy atom. The molecule has 2 aliphatic rings. The number of hydrogen-bond acceptors (Lipinski definition) is 5. The molecule has 0 spiro atoms. The van der Waals surface area contributed by atoms with Crippen LogP contribution >= 0.6 is 0 Å². The number of carbonyl (C=O) groups excluding carboxylic acids is 2. The smallest absolute Gasteiger partial charge is 0.228 e. The average molecular weight is 394 g/mol. The molecule has 2 fully saturated rings. The zero-order valence-corrected chi connectivity index (χ0v) is 16.7. The molecule has 7 heteroatoms. The van der Waals surface area contributed by atoms with Crippen molar-refractivity contribution in [3.63, 3.8) is 0 Å². The van der Waals surface area contributed by atoms with Gasteiger partial charge in [0.05, 0.1) is 13.0 Å². The molecule has 0 radical (unpaired) electrons. The number of nitrogens with zero attached hydrogens (tertiary/aromatic N) is 4. The van der Waals surface area contributed by atoms with Gasteiger partial charge in [-0.3, -0.25) is 9.59 Å². The fraction of sp³-hybridized carbons (Fsp3) is 0.409. The Morgan fingerprint density at radius 2 is 1.90 bits per heavy atom. The van der Waals surface area contributed by atoms with Crippen molar-refractivity contribution in [2.24, 2.45) is 5.92 Å². The molecule has 2 saturated heterocycles. The van der Waals surface area contributed by atoms with E-state index >= 15 is 0 Å². The Bertz CT molecular complexity index is 856.